The number of nitrogens with one attached hydrogen (secondary N) is 1. The lowest BCUT2D eigenvalue weighted by molar-refractivity contribution is 0.101. The molecule has 2 amide bonds. The summed E-state index contributed by atoms with van der Waals surface area (Å²) < 4.78 is 5.74. The first-order valence-corrected chi connectivity index (χ1v) is 9.95. The number of piperidine rings is 1. The quantitative estimate of drug-likeness (QED) is 0.734. The van der Waals surface area contributed by atoms with Crippen molar-refractivity contribution in [2.45, 2.75) is 53.0 Å². The Morgan fingerprint density at radius 1 is 1.38 bits per heavy atom. The third-order valence-electron chi connectivity index (χ3n) is 5.42. The summed E-state index contributed by atoms with van der Waals surface area (Å²) in [5.74, 6) is 1.35. The zero-order chi connectivity index (χ0) is 19.1. The van der Waals surface area contributed by atoms with Gasteiger partial charge < -0.3 is 19.9 Å². The molecule has 0 radical (unpaired) electrons. The van der Waals surface area contributed by atoms with Gasteiger partial charge in [-0.3, -0.25) is 0 Å². The lowest BCUT2D eigenvalue weighted by atomic mass is 9.93. The number of benzene rings is 1. The number of hydrogen-bond donors (Lipinski definition) is 1. The zero-order valence-corrected chi connectivity index (χ0v) is 17.0. The van der Waals surface area contributed by atoms with E-state index in [9.17, 15) is 4.79 Å². The topological polar surface area (TPSA) is 44.8 Å². The van der Waals surface area contributed by atoms with E-state index in [1.807, 2.05) is 37.1 Å². The fourth-order valence-corrected chi connectivity index (χ4v) is 3.64. The van der Waals surface area contributed by atoms with Gasteiger partial charge in [-0.1, -0.05) is 27.2 Å². The summed E-state index contributed by atoms with van der Waals surface area (Å²) in [6.45, 7) is 12.5. The van der Waals surface area contributed by atoms with E-state index in [1.165, 1.54) is 0 Å². The third kappa shape index (κ3) is 5.37. The van der Waals surface area contributed by atoms with Crippen LogP contribution in [0.5, 0.6) is 5.75 Å². The van der Waals surface area contributed by atoms with Crippen LogP contribution in [0.1, 0.15) is 45.6 Å². The van der Waals surface area contributed by atoms with E-state index < -0.39 is 0 Å². The van der Waals surface area contributed by atoms with Gasteiger partial charge in [-0.15, -0.1) is 0 Å². The van der Waals surface area contributed by atoms with Crippen molar-refractivity contribution < 1.29 is 9.53 Å². The van der Waals surface area contributed by atoms with E-state index >= 15 is 0 Å². The minimum atomic E-state index is -0.0328. The smallest absolute Gasteiger partial charge is 0.321 e. The minimum absolute atomic E-state index is 0.0328. The highest BCUT2D eigenvalue weighted by Crippen LogP contribution is 2.24. The van der Waals surface area contributed by atoms with Crippen molar-refractivity contribution in [1.29, 1.82) is 0 Å². The maximum absolute atomic E-state index is 12.7. The first-order valence-electron chi connectivity index (χ1n) is 9.95. The maximum atomic E-state index is 12.7. The lowest BCUT2D eigenvalue weighted by Crippen LogP contribution is -2.51. The number of carbonyl (C=O) groups is 1. The first-order chi connectivity index (χ1) is 12.5. The SMILES string of the molecule is CCCCOc1ccc(NC(=O)N(C)[C@@H]2CCN(CC)C[C@H]2C)c(C)c1. The van der Waals surface area contributed by atoms with E-state index in [4.69, 9.17) is 4.74 Å². The van der Waals surface area contributed by atoms with Crippen molar-refractivity contribution in [3.8, 4) is 5.75 Å². The molecule has 1 aromatic rings. The number of aryl methyl sites for hydroxylation is 1. The number of likely N-dealkylation sites (tertiary alicyclic amines) is 1. The van der Waals surface area contributed by atoms with E-state index in [0.29, 0.717) is 5.92 Å². The Labute approximate surface area is 158 Å². The van der Waals surface area contributed by atoms with Gasteiger partial charge in [0.2, 0.25) is 0 Å². The fraction of sp³-hybridized carbons (Fsp3) is 0.667. The van der Waals surface area contributed by atoms with Crippen LogP contribution in [0.3, 0.4) is 0 Å². The number of rotatable bonds is 7. The van der Waals surface area contributed by atoms with Gasteiger partial charge in [-0.05, 0) is 56.0 Å². The van der Waals surface area contributed by atoms with Crippen molar-refractivity contribution in [2.24, 2.45) is 5.92 Å². The highest BCUT2D eigenvalue weighted by molar-refractivity contribution is 5.90. The summed E-state index contributed by atoms with van der Waals surface area (Å²) in [6, 6.07) is 6.11. The molecule has 1 aliphatic rings. The molecule has 0 spiro atoms. The number of hydrogen-bond acceptors (Lipinski definition) is 3. The highest BCUT2D eigenvalue weighted by atomic mass is 16.5. The summed E-state index contributed by atoms with van der Waals surface area (Å²) in [5, 5.41) is 3.07. The second kappa shape index (κ2) is 9.81. The Morgan fingerprint density at radius 3 is 2.77 bits per heavy atom. The lowest BCUT2D eigenvalue weighted by Gasteiger charge is -2.40. The maximum Gasteiger partial charge on any atom is 0.321 e. The number of amides is 2. The minimum Gasteiger partial charge on any atom is -0.494 e. The van der Waals surface area contributed by atoms with Crippen LogP contribution >= 0.6 is 0 Å². The van der Waals surface area contributed by atoms with Crippen molar-refractivity contribution in [2.75, 3.05) is 38.6 Å². The number of unbranched alkanes of at least 4 members (excludes halogenated alkanes) is 1. The summed E-state index contributed by atoms with van der Waals surface area (Å²) in [7, 11) is 1.91. The van der Waals surface area contributed by atoms with E-state index in [1.54, 1.807) is 0 Å². The number of urea groups is 1. The molecule has 2 rings (SSSR count). The average molecular weight is 362 g/mol. The van der Waals surface area contributed by atoms with Crippen LogP contribution in [0.15, 0.2) is 18.2 Å². The van der Waals surface area contributed by atoms with Crippen LogP contribution in [0.25, 0.3) is 0 Å². The predicted molar refractivity (Wildman–Crippen MR) is 108 cm³/mol. The van der Waals surface area contributed by atoms with Crippen molar-refractivity contribution >= 4 is 11.7 Å². The molecule has 2 atom stereocenters. The standard InChI is InChI=1S/C21H35N3O2/c1-6-8-13-26-18-9-10-19(16(3)14-18)22-21(25)23(5)20-11-12-24(7-2)15-17(20)4/h9-10,14,17,20H,6-8,11-13,15H2,1-5H3,(H,22,25)/t17-,20-/m1/s1. The van der Waals surface area contributed by atoms with Crippen LogP contribution in [0.4, 0.5) is 10.5 Å². The molecule has 1 heterocycles. The Kier molecular flexibility index (Phi) is 7.76. The van der Waals surface area contributed by atoms with Crippen LogP contribution in [0, 0.1) is 12.8 Å². The Balaban J connectivity index is 1.94. The summed E-state index contributed by atoms with van der Waals surface area (Å²) in [4.78, 5) is 17.1. The van der Waals surface area contributed by atoms with E-state index in [-0.39, 0.29) is 12.1 Å². The summed E-state index contributed by atoms with van der Waals surface area (Å²) in [5.41, 5.74) is 1.87. The first kappa shape index (κ1) is 20.6. The Morgan fingerprint density at radius 2 is 2.15 bits per heavy atom. The van der Waals surface area contributed by atoms with Crippen LogP contribution in [-0.2, 0) is 0 Å². The molecule has 0 aliphatic carbocycles. The molecule has 5 heteroatoms. The van der Waals surface area contributed by atoms with Crippen molar-refractivity contribution in [1.82, 2.24) is 9.80 Å². The molecule has 0 unspecified atom stereocenters. The molecule has 1 N–H and O–H groups in total. The molecule has 1 aliphatic heterocycles. The van der Waals surface area contributed by atoms with Gasteiger partial charge in [0.1, 0.15) is 5.75 Å². The monoisotopic (exact) mass is 361 g/mol. The van der Waals surface area contributed by atoms with Gasteiger partial charge in [0.15, 0.2) is 0 Å². The Bertz CT molecular complexity index is 591. The van der Waals surface area contributed by atoms with Gasteiger partial charge in [-0.2, -0.15) is 0 Å². The van der Waals surface area contributed by atoms with Crippen LogP contribution < -0.4 is 10.1 Å². The normalized spacial score (nSPS) is 20.7. The molecule has 1 aromatic carbocycles. The van der Waals surface area contributed by atoms with Crippen LogP contribution in [0.2, 0.25) is 0 Å². The molecule has 5 nitrogen and oxygen atoms in total. The second-order valence-electron chi connectivity index (χ2n) is 7.45. The molecule has 1 saturated heterocycles. The molecular formula is C21H35N3O2. The molecule has 0 aromatic heterocycles. The molecule has 146 valence electrons. The number of ether oxygens (including phenoxy) is 1. The molecule has 0 bridgehead atoms. The van der Waals surface area contributed by atoms with Gasteiger partial charge in [0, 0.05) is 31.9 Å². The third-order valence-corrected chi connectivity index (χ3v) is 5.42. The molecule has 1 fully saturated rings. The average Bonchev–Trinajstić information content (AvgIpc) is 2.63. The van der Waals surface area contributed by atoms with E-state index in [2.05, 4.69) is 31.0 Å². The predicted octanol–water partition coefficient (Wildman–Crippen LogP) is 4.37. The largest absolute Gasteiger partial charge is 0.494 e. The fourth-order valence-electron chi connectivity index (χ4n) is 3.64. The van der Waals surface area contributed by atoms with Gasteiger partial charge in [0.05, 0.1) is 6.61 Å². The number of anilines is 1. The number of carbonyl (C=O) groups excluding carboxylic acids is 1. The number of nitrogens with zero attached hydrogens (tertiary/aromatic N) is 2. The summed E-state index contributed by atoms with van der Waals surface area (Å²) >= 11 is 0. The highest BCUT2D eigenvalue weighted by Gasteiger charge is 2.30. The summed E-state index contributed by atoms with van der Waals surface area (Å²) in [6.07, 6.45) is 3.20. The zero-order valence-electron chi connectivity index (χ0n) is 17.0. The molecular weight excluding hydrogens is 326 g/mol. The molecule has 26 heavy (non-hydrogen) atoms. The van der Waals surface area contributed by atoms with Crippen molar-refractivity contribution in [3.05, 3.63) is 23.8 Å². The van der Waals surface area contributed by atoms with Crippen molar-refractivity contribution in [3.63, 3.8) is 0 Å². The second-order valence-corrected chi connectivity index (χ2v) is 7.45. The molecule has 0 saturated carbocycles. The van der Waals surface area contributed by atoms with Crippen LogP contribution in [-0.4, -0.2) is 55.2 Å². The van der Waals surface area contributed by atoms with Gasteiger partial charge in [0.25, 0.3) is 0 Å². The van der Waals surface area contributed by atoms with Gasteiger partial charge >= 0.3 is 6.03 Å². The van der Waals surface area contributed by atoms with Gasteiger partial charge in [-0.25, -0.2) is 4.79 Å². The Hall–Kier alpha value is -1.75. The van der Waals surface area contributed by atoms with E-state index in [0.717, 1.165) is 62.5 Å².